The molecule has 1 fully saturated rings. The summed E-state index contributed by atoms with van der Waals surface area (Å²) in [6, 6.07) is 0.467. The van der Waals surface area contributed by atoms with E-state index >= 15 is 0 Å². The van der Waals surface area contributed by atoms with Gasteiger partial charge < -0.3 is 16.0 Å². The Kier molecular flexibility index (Phi) is 7.22. The lowest BCUT2D eigenvalue weighted by molar-refractivity contribution is -0.121. The van der Waals surface area contributed by atoms with Crippen molar-refractivity contribution < 1.29 is 4.79 Å². The Morgan fingerprint density at radius 3 is 2.67 bits per heavy atom. The van der Waals surface area contributed by atoms with E-state index in [4.69, 9.17) is 0 Å². The fourth-order valence-corrected chi connectivity index (χ4v) is 1.55. The van der Waals surface area contributed by atoms with Crippen LogP contribution < -0.4 is 16.0 Å². The van der Waals surface area contributed by atoms with E-state index in [1.54, 1.807) is 0 Å². The lowest BCUT2D eigenvalue weighted by atomic mass is 10.3. The van der Waals surface area contributed by atoms with Crippen LogP contribution in [0.5, 0.6) is 0 Å². The van der Waals surface area contributed by atoms with E-state index in [1.807, 2.05) is 6.92 Å². The molecule has 0 aromatic rings. The summed E-state index contributed by atoms with van der Waals surface area (Å²) in [5.74, 6) is 1.02. The van der Waals surface area contributed by atoms with Crippen molar-refractivity contribution in [2.45, 2.75) is 52.0 Å². The minimum Gasteiger partial charge on any atom is -0.357 e. The first-order chi connectivity index (χ1) is 8.76. The number of aliphatic imine (C=N–C) groups is 1. The summed E-state index contributed by atoms with van der Waals surface area (Å²) in [6.45, 7) is 6.63. The van der Waals surface area contributed by atoms with Crippen LogP contribution >= 0.6 is 0 Å². The maximum atomic E-state index is 11.5. The standard InChI is InChI=1S/C13H26N4O/c1-3-9-15-13(14-4-2)16-10-5-6-12(18)17-11-7-8-11/h11H,3-10H2,1-2H3,(H,17,18)(H2,14,15,16). The molecule has 104 valence electrons. The number of nitrogens with one attached hydrogen (secondary N) is 3. The molecule has 5 heteroatoms. The van der Waals surface area contributed by atoms with Crippen LogP contribution in [0.2, 0.25) is 0 Å². The van der Waals surface area contributed by atoms with Gasteiger partial charge >= 0.3 is 0 Å². The summed E-state index contributed by atoms with van der Waals surface area (Å²) in [4.78, 5) is 15.9. The van der Waals surface area contributed by atoms with Gasteiger partial charge in [0.15, 0.2) is 5.96 Å². The lowest BCUT2D eigenvalue weighted by Gasteiger charge is -2.10. The van der Waals surface area contributed by atoms with Crippen LogP contribution in [0.15, 0.2) is 4.99 Å². The van der Waals surface area contributed by atoms with E-state index in [2.05, 4.69) is 27.9 Å². The first-order valence-corrected chi connectivity index (χ1v) is 7.07. The molecule has 0 unspecified atom stereocenters. The minimum atomic E-state index is 0.176. The second-order valence-electron chi connectivity index (χ2n) is 4.63. The predicted octanol–water partition coefficient (Wildman–Crippen LogP) is 1.01. The van der Waals surface area contributed by atoms with Crippen molar-refractivity contribution in [3.05, 3.63) is 0 Å². The summed E-state index contributed by atoms with van der Waals surface area (Å²) in [5, 5.41) is 9.41. The van der Waals surface area contributed by atoms with Gasteiger partial charge in [0.25, 0.3) is 0 Å². The molecular weight excluding hydrogens is 228 g/mol. The average molecular weight is 254 g/mol. The lowest BCUT2D eigenvalue weighted by Crippen LogP contribution is -2.38. The molecule has 3 N–H and O–H groups in total. The van der Waals surface area contributed by atoms with Gasteiger partial charge in [-0.25, -0.2) is 0 Å². The number of rotatable bonds is 8. The number of nitrogens with zero attached hydrogens (tertiary/aromatic N) is 1. The van der Waals surface area contributed by atoms with Crippen molar-refractivity contribution in [1.82, 2.24) is 16.0 Å². The van der Waals surface area contributed by atoms with Crippen molar-refractivity contribution in [2.75, 3.05) is 19.6 Å². The van der Waals surface area contributed by atoms with E-state index < -0.39 is 0 Å². The normalized spacial score (nSPS) is 15.3. The van der Waals surface area contributed by atoms with Crippen LogP contribution in [0.25, 0.3) is 0 Å². The third kappa shape index (κ3) is 7.14. The minimum absolute atomic E-state index is 0.176. The molecule has 0 bridgehead atoms. The molecule has 1 rings (SSSR count). The second-order valence-corrected chi connectivity index (χ2v) is 4.63. The highest BCUT2D eigenvalue weighted by Crippen LogP contribution is 2.18. The van der Waals surface area contributed by atoms with Crippen molar-refractivity contribution in [3.8, 4) is 0 Å². The summed E-state index contributed by atoms with van der Waals surface area (Å²) >= 11 is 0. The van der Waals surface area contributed by atoms with Crippen molar-refractivity contribution in [1.29, 1.82) is 0 Å². The molecular formula is C13H26N4O. The summed E-state index contributed by atoms with van der Waals surface area (Å²) in [6.07, 6.45) is 4.78. The van der Waals surface area contributed by atoms with Crippen LogP contribution in [0.1, 0.15) is 46.0 Å². The Balaban J connectivity index is 2.07. The number of hydrogen-bond donors (Lipinski definition) is 3. The number of amides is 1. The van der Waals surface area contributed by atoms with Gasteiger partial charge in [0.05, 0.1) is 0 Å². The Morgan fingerprint density at radius 1 is 1.28 bits per heavy atom. The monoisotopic (exact) mass is 254 g/mol. The van der Waals surface area contributed by atoms with Gasteiger partial charge in [-0.3, -0.25) is 9.79 Å². The Labute approximate surface area is 110 Å². The van der Waals surface area contributed by atoms with Crippen LogP contribution in [0.3, 0.4) is 0 Å². The molecule has 1 aliphatic rings. The summed E-state index contributed by atoms with van der Waals surface area (Å²) < 4.78 is 0. The highest BCUT2D eigenvalue weighted by Gasteiger charge is 2.22. The van der Waals surface area contributed by atoms with Gasteiger partial charge in [0.2, 0.25) is 5.91 Å². The largest absolute Gasteiger partial charge is 0.357 e. The Morgan fingerprint density at radius 2 is 2.06 bits per heavy atom. The Bertz CT molecular complexity index is 274. The van der Waals surface area contributed by atoms with E-state index in [1.165, 1.54) is 0 Å². The highest BCUT2D eigenvalue weighted by molar-refractivity contribution is 5.80. The zero-order chi connectivity index (χ0) is 13.2. The molecule has 0 radical (unpaired) electrons. The van der Waals surface area contributed by atoms with E-state index in [0.717, 1.165) is 51.3 Å². The highest BCUT2D eigenvalue weighted by atomic mass is 16.1. The predicted molar refractivity (Wildman–Crippen MR) is 74.7 cm³/mol. The first-order valence-electron chi connectivity index (χ1n) is 7.07. The van der Waals surface area contributed by atoms with Crippen LogP contribution in [-0.2, 0) is 4.79 Å². The van der Waals surface area contributed by atoms with Crippen molar-refractivity contribution in [3.63, 3.8) is 0 Å². The number of carbonyl (C=O) groups excluding carboxylic acids is 1. The van der Waals surface area contributed by atoms with Gasteiger partial charge in [-0.05, 0) is 32.6 Å². The third-order valence-electron chi connectivity index (χ3n) is 2.65. The molecule has 0 aliphatic heterocycles. The molecule has 0 atom stereocenters. The van der Waals surface area contributed by atoms with Crippen molar-refractivity contribution in [2.24, 2.45) is 4.99 Å². The van der Waals surface area contributed by atoms with E-state index in [9.17, 15) is 4.79 Å². The second kappa shape index (κ2) is 8.78. The molecule has 0 heterocycles. The molecule has 1 amide bonds. The number of hydrogen-bond acceptors (Lipinski definition) is 2. The number of carbonyl (C=O) groups is 1. The Hall–Kier alpha value is -1.26. The molecule has 0 aromatic heterocycles. The first kappa shape index (κ1) is 14.8. The molecule has 18 heavy (non-hydrogen) atoms. The zero-order valence-corrected chi connectivity index (χ0v) is 11.6. The SMILES string of the molecule is CCCN=C(NCC)NCCCC(=O)NC1CC1. The summed E-state index contributed by atoms with van der Waals surface area (Å²) in [5.41, 5.74) is 0. The molecule has 0 aromatic carbocycles. The van der Waals surface area contributed by atoms with Crippen LogP contribution in [-0.4, -0.2) is 37.5 Å². The summed E-state index contributed by atoms with van der Waals surface area (Å²) in [7, 11) is 0. The van der Waals surface area contributed by atoms with Gasteiger partial charge in [-0.15, -0.1) is 0 Å². The fraction of sp³-hybridized carbons (Fsp3) is 0.846. The third-order valence-corrected chi connectivity index (χ3v) is 2.65. The van der Waals surface area contributed by atoms with E-state index in [0.29, 0.717) is 12.5 Å². The van der Waals surface area contributed by atoms with Gasteiger partial charge in [-0.1, -0.05) is 6.92 Å². The molecule has 1 saturated carbocycles. The van der Waals surface area contributed by atoms with Crippen LogP contribution in [0.4, 0.5) is 0 Å². The van der Waals surface area contributed by atoms with Crippen molar-refractivity contribution >= 4 is 11.9 Å². The molecule has 0 saturated heterocycles. The maximum Gasteiger partial charge on any atom is 0.220 e. The van der Waals surface area contributed by atoms with E-state index in [-0.39, 0.29) is 5.91 Å². The topological polar surface area (TPSA) is 65.5 Å². The molecule has 1 aliphatic carbocycles. The quantitative estimate of drug-likeness (QED) is 0.344. The zero-order valence-electron chi connectivity index (χ0n) is 11.6. The van der Waals surface area contributed by atoms with Gasteiger partial charge in [0, 0.05) is 32.1 Å². The molecule has 0 spiro atoms. The maximum absolute atomic E-state index is 11.5. The van der Waals surface area contributed by atoms with Crippen LogP contribution in [0, 0.1) is 0 Å². The molecule has 5 nitrogen and oxygen atoms in total. The average Bonchev–Trinajstić information content (AvgIpc) is 3.15. The number of guanidine groups is 1. The van der Waals surface area contributed by atoms with Gasteiger partial charge in [0.1, 0.15) is 0 Å². The smallest absolute Gasteiger partial charge is 0.220 e. The fourth-order valence-electron chi connectivity index (χ4n) is 1.55. The van der Waals surface area contributed by atoms with Gasteiger partial charge in [-0.2, -0.15) is 0 Å².